The van der Waals surface area contributed by atoms with E-state index in [1.165, 1.54) is 11.8 Å². The summed E-state index contributed by atoms with van der Waals surface area (Å²) in [7, 11) is 1.55. The van der Waals surface area contributed by atoms with Crippen LogP contribution in [0.2, 0.25) is 0 Å². The SMILES string of the molecule is CC(C(=O)O)N(C)Cc1cc(Br)cc(C(F)(F)F)c1. The Bertz CT molecular complexity index is 477. The molecule has 106 valence electrons. The largest absolute Gasteiger partial charge is 0.480 e. The number of nitrogens with zero attached hydrogens (tertiary/aromatic N) is 1. The molecule has 0 bridgehead atoms. The van der Waals surface area contributed by atoms with Gasteiger partial charge in [0, 0.05) is 11.0 Å². The normalized spacial score (nSPS) is 13.6. The molecule has 1 unspecified atom stereocenters. The molecular formula is C12H13BrF3NO2. The van der Waals surface area contributed by atoms with Crippen LogP contribution in [0.3, 0.4) is 0 Å². The Morgan fingerprint density at radius 3 is 2.47 bits per heavy atom. The summed E-state index contributed by atoms with van der Waals surface area (Å²) in [6, 6.07) is 2.79. The molecule has 1 aromatic carbocycles. The number of carboxylic acids is 1. The van der Waals surface area contributed by atoms with Gasteiger partial charge >= 0.3 is 12.1 Å². The predicted molar refractivity (Wildman–Crippen MR) is 67.7 cm³/mol. The molecule has 1 aromatic rings. The van der Waals surface area contributed by atoms with Crippen LogP contribution in [-0.4, -0.2) is 29.1 Å². The van der Waals surface area contributed by atoms with Gasteiger partial charge in [0.05, 0.1) is 5.56 Å². The summed E-state index contributed by atoms with van der Waals surface area (Å²) >= 11 is 3.03. The summed E-state index contributed by atoms with van der Waals surface area (Å²) in [5.41, 5.74) is -0.356. The lowest BCUT2D eigenvalue weighted by atomic mass is 10.1. The zero-order chi connectivity index (χ0) is 14.8. The Hall–Kier alpha value is -1.08. The van der Waals surface area contributed by atoms with Crippen molar-refractivity contribution in [1.82, 2.24) is 4.90 Å². The Labute approximate surface area is 117 Å². The fourth-order valence-corrected chi connectivity index (χ4v) is 2.06. The number of hydrogen-bond acceptors (Lipinski definition) is 2. The number of rotatable bonds is 4. The van der Waals surface area contributed by atoms with Crippen LogP contribution in [0.1, 0.15) is 18.1 Å². The topological polar surface area (TPSA) is 40.5 Å². The van der Waals surface area contributed by atoms with Crippen molar-refractivity contribution in [2.45, 2.75) is 25.7 Å². The summed E-state index contributed by atoms with van der Waals surface area (Å²) in [5.74, 6) is -1.02. The molecule has 0 saturated carbocycles. The second-order valence-corrected chi connectivity index (χ2v) is 5.19. The third-order valence-electron chi connectivity index (χ3n) is 2.74. The quantitative estimate of drug-likeness (QED) is 0.914. The smallest absolute Gasteiger partial charge is 0.416 e. The van der Waals surface area contributed by atoms with Crippen molar-refractivity contribution >= 4 is 21.9 Å². The van der Waals surface area contributed by atoms with Gasteiger partial charge in [-0.05, 0) is 37.7 Å². The summed E-state index contributed by atoms with van der Waals surface area (Å²) in [4.78, 5) is 12.3. The first-order valence-corrected chi connectivity index (χ1v) is 6.20. The first kappa shape index (κ1) is 16.0. The maximum absolute atomic E-state index is 12.6. The molecule has 1 rings (SSSR count). The van der Waals surface area contributed by atoms with Crippen LogP contribution >= 0.6 is 15.9 Å². The van der Waals surface area contributed by atoms with Gasteiger partial charge in [-0.25, -0.2) is 0 Å². The Morgan fingerprint density at radius 2 is 2.00 bits per heavy atom. The fraction of sp³-hybridized carbons (Fsp3) is 0.417. The molecule has 0 saturated heterocycles. The Morgan fingerprint density at radius 1 is 1.42 bits per heavy atom. The number of aliphatic carboxylic acids is 1. The molecule has 19 heavy (non-hydrogen) atoms. The number of carbonyl (C=O) groups is 1. The summed E-state index contributed by atoms with van der Waals surface area (Å²) in [6.07, 6.45) is -4.42. The van der Waals surface area contributed by atoms with Gasteiger partial charge in [0.25, 0.3) is 0 Å². The Kier molecular flexibility index (Phi) is 4.98. The van der Waals surface area contributed by atoms with E-state index in [2.05, 4.69) is 15.9 Å². The highest BCUT2D eigenvalue weighted by Crippen LogP contribution is 2.32. The van der Waals surface area contributed by atoms with E-state index in [4.69, 9.17) is 5.11 Å². The second kappa shape index (κ2) is 5.92. The standard InChI is InChI=1S/C12H13BrF3NO2/c1-7(11(18)19)17(2)6-8-3-9(12(14,15)16)5-10(13)4-8/h3-5,7H,6H2,1-2H3,(H,18,19). The van der Waals surface area contributed by atoms with Gasteiger partial charge in [0.1, 0.15) is 6.04 Å². The van der Waals surface area contributed by atoms with Gasteiger partial charge in [0.15, 0.2) is 0 Å². The molecular weight excluding hydrogens is 327 g/mol. The maximum atomic E-state index is 12.6. The number of alkyl halides is 3. The summed E-state index contributed by atoms with van der Waals surface area (Å²) in [5, 5.41) is 8.84. The van der Waals surface area contributed by atoms with E-state index >= 15 is 0 Å². The molecule has 1 N–H and O–H groups in total. The van der Waals surface area contributed by atoms with E-state index in [1.807, 2.05) is 0 Å². The van der Waals surface area contributed by atoms with Crippen LogP contribution in [0.5, 0.6) is 0 Å². The zero-order valence-electron chi connectivity index (χ0n) is 10.3. The van der Waals surface area contributed by atoms with Crippen molar-refractivity contribution in [1.29, 1.82) is 0 Å². The van der Waals surface area contributed by atoms with Crippen molar-refractivity contribution < 1.29 is 23.1 Å². The number of likely N-dealkylation sites (N-methyl/N-ethyl adjacent to an activating group) is 1. The zero-order valence-corrected chi connectivity index (χ0v) is 11.9. The number of carboxylic acid groups (broad SMARTS) is 1. The third-order valence-corrected chi connectivity index (χ3v) is 3.19. The average Bonchev–Trinajstić information content (AvgIpc) is 2.25. The maximum Gasteiger partial charge on any atom is 0.416 e. The molecule has 0 heterocycles. The average molecular weight is 340 g/mol. The number of benzene rings is 1. The summed E-state index contributed by atoms with van der Waals surface area (Å²) in [6.45, 7) is 1.60. The highest BCUT2D eigenvalue weighted by molar-refractivity contribution is 9.10. The molecule has 0 aromatic heterocycles. The van der Waals surface area contributed by atoms with Crippen LogP contribution in [0.4, 0.5) is 13.2 Å². The van der Waals surface area contributed by atoms with Crippen LogP contribution in [0.15, 0.2) is 22.7 Å². The Balaban J connectivity index is 2.96. The van der Waals surface area contributed by atoms with Gasteiger partial charge in [-0.15, -0.1) is 0 Å². The molecule has 0 aliphatic heterocycles. The van der Waals surface area contributed by atoms with Crippen LogP contribution in [-0.2, 0) is 17.5 Å². The van der Waals surface area contributed by atoms with E-state index in [1.54, 1.807) is 13.1 Å². The molecule has 1 atom stereocenters. The first-order chi connectivity index (χ1) is 8.61. The minimum absolute atomic E-state index is 0.121. The van der Waals surface area contributed by atoms with E-state index in [9.17, 15) is 18.0 Å². The van der Waals surface area contributed by atoms with Crippen LogP contribution in [0, 0.1) is 0 Å². The fourth-order valence-electron chi connectivity index (χ4n) is 1.52. The molecule has 0 amide bonds. The van der Waals surface area contributed by atoms with Crippen LogP contribution in [0.25, 0.3) is 0 Å². The van der Waals surface area contributed by atoms with Gasteiger partial charge in [0.2, 0.25) is 0 Å². The lowest BCUT2D eigenvalue weighted by molar-refractivity contribution is -0.142. The molecule has 0 radical (unpaired) electrons. The predicted octanol–water partition coefficient (Wildman–Crippen LogP) is 3.37. The van der Waals surface area contributed by atoms with Crippen molar-refractivity contribution in [3.8, 4) is 0 Å². The van der Waals surface area contributed by atoms with Crippen LogP contribution < -0.4 is 0 Å². The van der Waals surface area contributed by atoms with E-state index in [0.717, 1.165) is 12.1 Å². The van der Waals surface area contributed by atoms with Gasteiger partial charge in [-0.1, -0.05) is 15.9 Å². The van der Waals surface area contributed by atoms with E-state index in [-0.39, 0.29) is 6.54 Å². The lowest BCUT2D eigenvalue weighted by Crippen LogP contribution is -2.35. The van der Waals surface area contributed by atoms with Crippen molar-refractivity contribution in [3.63, 3.8) is 0 Å². The second-order valence-electron chi connectivity index (χ2n) is 4.28. The minimum Gasteiger partial charge on any atom is -0.480 e. The van der Waals surface area contributed by atoms with Gasteiger partial charge in [-0.2, -0.15) is 13.2 Å². The highest BCUT2D eigenvalue weighted by Gasteiger charge is 2.31. The first-order valence-electron chi connectivity index (χ1n) is 5.41. The lowest BCUT2D eigenvalue weighted by Gasteiger charge is -2.21. The number of hydrogen-bond donors (Lipinski definition) is 1. The summed E-state index contributed by atoms with van der Waals surface area (Å²) < 4.78 is 38.2. The molecule has 0 fully saturated rings. The van der Waals surface area contributed by atoms with Crippen molar-refractivity contribution in [2.75, 3.05) is 7.05 Å². The van der Waals surface area contributed by atoms with Gasteiger partial charge < -0.3 is 5.11 Å². The van der Waals surface area contributed by atoms with E-state index in [0.29, 0.717) is 10.0 Å². The van der Waals surface area contributed by atoms with Crippen molar-refractivity contribution in [3.05, 3.63) is 33.8 Å². The van der Waals surface area contributed by atoms with Gasteiger partial charge in [-0.3, -0.25) is 9.69 Å². The monoisotopic (exact) mass is 339 g/mol. The minimum atomic E-state index is -4.42. The highest BCUT2D eigenvalue weighted by atomic mass is 79.9. The molecule has 0 aliphatic rings. The molecule has 0 aliphatic carbocycles. The number of halogens is 4. The molecule has 7 heteroatoms. The van der Waals surface area contributed by atoms with Crippen molar-refractivity contribution in [2.24, 2.45) is 0 Å². The molecule has 3 nitrogen and oxygen atoms in total. The third kappa shape index (κ3) is 4.50. The molecule has 0 spiro atoms. The van der Waals surface area contributed by atoms with E-state index < -0.39 is 23.8 Å².